The number of hydrogen-bond donors (Lipinski definition) is 3. The van der Waals surface area contributed by atoms with E-state index in [4.69, 9.17) is 5.11 Å². The zero-order valence-electron chi connectivity index (χ0n) is 12.7. The minimum Gasteiger partial charge on any atom is -0.481 e. The van der Waals surface area contributed by atoms with Crippen LogP contribution in [0.5, 0.6) is 0 Å². The molecule has 0 saturated carbocycles. The summed E-state index contributed by atoms with van der Waals surface area (Å²) in [7, 11) is 0. The first-order valence-electron chi connectivity index (χ1n) is 6.72. The van der Waals surface area contributed by atoms with Gasteiger partial charge in [0, 0.05) is 24.4 Å². The third kappa shape index (κ3) is 5.51. The monoisotopic (exact) mass is 310 g/mol. The lowest BCUT2D eigenvalue weighted by molar-refractivity contribution is -0.137. The molecule has 0 aliphatic rings. The zero-order chi connectivity index (χ0) is 16.9. The summed E-state index contributed by atoms with van der Waals surface area (Å²) in [6.07, 6.45) is 0.170. The fraction of sp³-hybridized carbons (Fsp3) is 0.400. The molecular weight excluding hydrogens is 291 g/mol. The minimum absolute atomic E-state index is 0.00538. The molecule has 0 radical (unpaired) electrons. The molecule has 0 aromatic heterocycles. The highest BCUT2D eigenvalue weighted by atomic mass is 19.1. The molecule has 0 aliphatic carbocycles. The molecule has 0 fully saturated rings. The second-order valence-corrected chi connectivity index (χ2v) is 5.61. The van der Waals surface area contributed by atoms with E-state index >= 15 is 0 Å². The van der Waals surface area contributed by atoms with Gasteiger partial charge in [-0.3, -0.25) is 14.4 Å². The molecule has 1 aromatic rings. The van der Waals surface area contributed by atoms with Gasteiger partial charge in [0.25, 0.3) is 5.91 Å². The Kier molecular flexibility index (Phi) is 5.62. The normalized spacial score (nSPS) is 10.9. The number of nitrogens with one attached hydrogen (secondary N) is 2. The van der Waals surface area contributed by atoms with Crippen molar-refractivity contribution in [3.05, 3.63) is 29.6 Å². The summed E-state index contributed by atoms with van der Waals surface area (Å²) in [5.74, 6) is -2.59. The maximum atomic E-state index is 13.8. The van der Waals surface area contributed by atoms with E-state index in [-0.39, 0.29) is 24.1 Å². The van der Waals surface area contributed by atoms with Crippen LogP contribution in [-0.2, 0) is 9.59 Å². The van der Waals surface area contributed by atoms with Crippen molar-refractivity contribution in [2.45, 2.75) is 39.2 Å². The third-order valence-corrected chi connectivity index (χ3v) is 2.96. The molecule has 0 atom stereocenters. The van der Waals surface area contributed by atoms with Crippen LogP contribution in [0.3, 0.4) is 0 Å². The van der Waals surface area contributed by atoms with Crippen LogP contribution in [0.1, 0.15) is 44.0 Å². The average Bonchev–Trinajstić information content (AvgIpc) is 2.38. The van der Waals surface area contributed by atoms with E-state index in [0.717, 1.165) is 6.07 Å². The van der Waals surface area contributed by atoms with E-state index < -0.39 is 29.1 Å². The Bertz CT molecular complexity index is 599. The Morgan fingerprint density at radius 1 is 1.27 bits per heavy atom. The number of aliphatic carboxylic acids is 1. The first-order valence-corrected chi connectivity index (χ1v) is 6.72. The predicted molar refractivity (Wildman–Crippen MR) is 79.1 cm³/mol. The molecule has 0 unspecified atom stereocenters. The van der Waals surface area contributed by atoms with Crippen LogP contribution in [0.4, 0.5) is 10.1 Å². The smallest absolute Gasteiger partial charge is 0.303 e. The van der Waals surface area contributed by atoms with Crippen molar-refractivity contribution < 1.29 is 23.9 Å². The Morgan fingerprint density at radius 2 is 1.91 bits per heavy atom. The van der Waals surface area contributed by atoms with E-state index in [1.807, 2.05) is 0 Å². The number of anilines is 1. The van der Waals surface area contributed by atoms with Crippen LogP contribution in [0, 0.1) is 5.82 Å². The maximum Gasteiger partial charge on any atom is 0.303 e. The molecule has 0 bridgehead atoms. The van der Waals surface area contributed by atoms with Gasteiger partial charge in [0.2, 0.25) is 5.91 Å². The van der Waals surface area contributed by atoms with Crippen molar-refractivity contribution in [2.75, 3.05) is 5.32 Å². The standard InChI is InChI=1S/C15H19FN2O4/c1-9(19)17-12-5-4-10(8-11(12)16)14(22)18-15(2,3)7-6-13(20)21/h4-5,8H,6-7H2,1-3H3,(H,17,19)(H,18,22)(H,20,21). The van der Waals surface area contributed by atoms with Gasteiger partial charge in [0.05, 0.1) is 5.69 Å². The number of carboxylic acid groups (broad SMARTS) is 1. The highest BCUT2D eigenvalue weighted by Gasteiger charge is 2.22. The lowest BCUT2D eigenvalue weighted by atomic mass is 9.97. The van der Waals surface area contributed by atoms with Crippen LogP contribution in [0.15, 0.2) is 18.2 Å². The number of halogens is 1. The molecule has 0 heterocycles. The van der Waals surface area contributed by atoms with Crippen LogP contribution >= 0.6 is 0 Å². The van der Waals surface area contributed by atoms with E-state index in [9.17, 15) is 18.8 Å². The number of amides is 2. The molecule has 3 N–H and O–H groups in total. The van der Waals surface area contributed by atoms with Gasteiger partial charge in [-0.1, -0.05) is 0 Å². The number of carbonyl (C=O) groups is 3. The highest BCUT2D eigenvalue weighted by molar-refractivity contribution is 5.96. The van der Waals surface area contributed by atoms with E-state index in [2.05, 4.69) is 10.6 Å². The fourth-order valence-electron chi connectivity index (χ4n) is 1.81. The number of carboxylic acids is 1. The molecule has 0 aliphatic heterocycles. The molecule has 120 valence electrons. The van der Waals surface area contributed by atoms with Gasteiger partial charge >= 0.3 is 5.97 Å². The van der Waals surface area contributed by atoms with Crippen molar-refractivity contribution in [1.82, 2.24) is 5.32 Å². The predicted octanol–water partition coefficient (Wildman–Crippen LogP) is 2.16. The molecule has 1 aromatic carbocycles. The van der Waals surface area contributed by atoms with Crippen molar-refractivity contribution in [1.29, 1.82) is 0 Å². The Labute approximate surface area is 127 Å². The summed E-state index contributed by atoms with van der Waals surface area (Å²) in [6.45, 7) is 4.64. The van der Waals surface area contributed by atoms with Gasteiger partial charge in [-0.2, -0.15) is 0 Å². The average molecular weight is 310 g/mol. The zero-order valence-corrected chi connectivity index (χ0v) is 12.7. The van der Waals surface area contributed by atoms with Crippen molar-refractivity contribution in [3.63, 3.8) is 0 Å². The van der Waals surface area contributed by atoms with Crippen LogP contribution in [-0.4, -0.2) is 28.4 Å². The minimum atomic E-state index is -0.951. The molecule has 0 spiro atoms. The van der Waals surface area contributed by atoms with Gasteiger partial charge in [-0.05, 0) is 38.5 Å². The summed E-state index contributed by atoms with van der Waals surface area (Å²) in [5.41, 5.74) is -0.647. The Hall–Kier alpha value is -2.44. The number of rotatable bonds is 6. The van der Waals surface area contributed by atoms with Crippen molar-refractivity contribution in [2.24, 2.45) is 0 Å². The van der Waals surface area contributed by atoms with Gasteiger partial charge in [0.1, 0.15) is 5.82 Å². The first-order chi connectivity index (χ1) is 10.1. The second-order valence-electron chi connectivity index (χ2n) is 5.61. The summed E-state index contributed by atoms with van der Waals surface area (Å²) in [4.78, 5) is 33.5. The first kappa shape index (κ1) is 17.6. The van der Waals surface area contributed by atoms with Gasteiger partial charge in [-0.25, -0.2) is 4.39 Å². The van der Waals surface area contributed by atoms with E-state index in [0.29, 0.717) is 0 Å². The molecule has 2 amide bonds. The third-order valence-electron chi connectivity index (χ3n) is 2.96. The summed E-state index contributed by atoms with van der Waals surface area (Å²) >= 11 is 0. The molecular formula is C15H19FN2O4. The lowest BCUT2D eigenvalue weighted by Crippen LogP contribution is -2.43. The number of hydrogen-bond acceptors (Lipinski definition) is 3. The lowest BCUT2D eigenvalue weighted by Gasteiger charge is -2.25. The highest BCUT2D eigenvalue weighted by Crippen LogP contribution is 2.17. The van der Waals surface area contributed by atoms with Gasteiger partial charge in [0.15, 0.2) is 0 Å². The van der Waals surface area contributed by atoms with E-state index in [1.165, 1.54) is 19.1 Å². The Balaban J connectivity index is 2.79. The number of carbonyl (C=O) groups excluding carboxylic acids is 2. The van der Waals surface area contributed by atoms with Gasteiger partial charge in [-0.15, -0.1) is 0 Å². The number of benzene rings is 1. The molecule has 0 saturated heterocycles. The summed E-state index contributed by atoms with van der Waals surface area (Å²) in [6, 6.07) is 3.71. The van der Waals surface area contributed by atoms with Crippen LogP contribution in [0.25, 0.3) is 0 Å². The maximum absolute atomic E-state index is 13.8. The van der Waals surface area contributed by atoms with Gasteiger partial charge < -0.3 is 15.7 Å². The molecule has 1 rings (SSSR count). The summed E-state index contributed by atoms with van der Waals surface area (Å²) < 4.78 is 13.8. The molecule has 6 nitrogen and oxygen atoms in total. The van der Waals surface area contributed by atoms with Crippen molar-refractivity contribution >= 4 is 23.5 Å². The van der Waals surface area contributed by atoms with E-state index in [1.54, 1.807) is 13.8 Å². The fourth-order valence-corrected chi connectivity index (χ4v) is 1.81. The largest absolute Gasteiger partial charge is 0.481 e. The quantitative estimate of drug-likeness (QED) is 0.750. The van der Waals surface area contributed by atoms with Crippen molar-refractivity contribution in [3.8, 4) is 0 Å². The van der Waals surface area contributed by atoms with Crippen LogP contribution in [0.2, 0.25) is 0 Å². The summed E-state index contributed by atoms with van der Waals surface area (Å²) in [5, 5.41) is 13.6. The SMILES string of the molecule is CC(=O)Nc1ccc(C(=O)NC(C)(C)CCC(=O)O)cc1F. The molecule has 22 heavy (non-hydrogen) atoms. The van der Waals surface area contributed by atoms with Crippen LogP contribution < -0.4 is 10.6 Å². The Morgan fingerprint density at radius 3 is 2.41 bits per heavy atom. The molecule has 7 heteroatoms. The second kappa shape index (κ2) is 7.02. The topological polar surface area (TPSA) is 95.5 Å².